The van der Waals surface area contributed by atoms with Crippen molar-refractivity contribution >= 4 is 11.8 Å². The van der Waals surface area contributed by atoms with Crippen LogP contribution in [0.4, 0.5) is 0 Å². The maximum Gasteiger partial charge on any atom is 0.309 e. The van der Waals surface area contributed by atoms with Crippen LogP contribution in [0.3, 0.4) is 0 Å². The number of ether oxygens (including phenoxy) is 1. The molecule has 0 bridgehead atoms. The second-order valence-electron chi connectivity index (χ2n) is 6.00. The lowest BCUT2D eigenvalue weighted by Gasteiger charge is -2.42. The van der Waals surface area contributed by atoms with E-state index in [9.17, 15) is 9.59 Å². The van der Waals surface area contributed by atoms with Crippen LogP contribution < -0.4 is 0 Å². The van der Waals surface area contributed by atoms with E-state index in [1.54, 1.807) is 6.08 Å². The van der Waals surface area contributed by atoms with Gasteiger partial charge in [0.1, 0.15) is 6.10 Å². The molecule has 3 heteroatoms. The van der Waals surface area contributed by atoms with E-state index < -0.39 is 0 Å². The molecule has 3 nitrogen and oxygen atoms in total. The van der Waals surface area contributed by atoms with Crippen LogP contribution in [0.2, 0.25) is 0 Å². The van der Waals surface area contributed by atoms with E-state index in [4.69, 9.17) is 4.74 Å². The summed E-state index contributed by atoms with van der Waals surface area (Å²) >= 11 is 0. The Bertz CT molecular complexity index is 500. The van der Waals surface area contributed by atoms with Gasteiger partial charge in [-0.1, -0.05) is 19.9 Å². The molecule has 0 spiro atoms. The summed E-state index contributed by atoms with van der Waals surface area (Å²) in [6.45, 7) is 5.94. The van der Waals surface area contributed by atoms with Crippen molar-refractivity contribution in [3.8, 4) is 0 Å². The Morgan fingerprint density at radius 2 is 2.11 bits per heavy atom. The van der Waals surface area contributed by atoms with Gasteiger partial charge in [0.15, 0.2) is 5.78 Å². The molecule has 2 aliphatic carbocycles. The molecule has 0 N–H and O–H groups in total. The summed E-state index contributed by atoms with van der Waals surface area (Å²) in [7, 11) is 0. The van der Waals surface area contributed by atoms with Crippen LogP contribution >= 0.6 is 0 Å². The summed E-state index contributed by atoms with van der Waals surface area (Å²) in [5, 5.41) is 0. The second kappa shape index (κ2) is 3.56. The minimum atomic E-state index is -0.180. The van der Waals surface area contributed by atoms with Crippen LogP contribution in [0, 0.1) is 17.3 Å². The highest BCUT2D eigenvalue weighted by Crippen LogP contribution is 2.52. The van der Waals surface area contributed by atoms with Crippen molar-refractivity contribution in [2.45, 2.75) is 39.7 Å². The second-order valence-corrected chi connectivity index (χ2v) is 6.00. The maximum atomic E-state index is 11.9. The zero-order chi connectivity index (χ0) is 13.1. The minimum absolute atomic E-state index is 0.0409. The first-order valence-electron chi connectivity index (χ1n) is 6.59. The van der Waals surface area contributed by atoms with Crippen LogP contribution in [0.25, 0.3) is 0 Å². The van der Waals surface area contributed by atoms with E-state index in [1.165, 1.54) is 0 Å². The smallest absolute Gasteiger partial charge is 0.309 e. The molecule has 1 heterocycles. The Hall–Kier alpha value is -1.38. The Morgan fingerprint density at radius 1 is 1.39 bits per heavy atom. The van der Waals surface area contributed by atoms with E-state index in [1.807, 2.05) is 19.9 Å². The molecule has 0 radical (unpaired) electrons. The van der Waals surface area contributed by atoms with Gasteiger partial charge in [0.25, 0.3) is 0 Å². The first kappa shape index (κ1) is 11.7. The quantitative estimate of drug-likeness (QED) is 0.616. The SMILES string of the molecule is CC1=C2[C@@H]3OC(=O)[C@@H](C)[C@H]3CC[C@]2(C)C=CC1=O. The summed E-state index contributed by atoms with van der Waals surface area (Å²) < 4.78 is 5.55. The molecule has 0 aromatic heterocycles. The number of fused-ring (bicyclic) bond motifs is 3. The van der Waals surface area contributed by atoms with Crippen molar-refractivity contribution in [2.24, 2.45) is 17.3 Å². The number of esters is 1. The van der Waals surface area contributed by atoms with Crippen LogP contribution in [0.5, 0.6) is 0 Å². The fourth-order valence-corrected chi connectivity index (χ4v) is 3.69. The van der Waals surface area contributed by atoms with Crippen molar-refractivity contribution in [2.75, 3.05) is 0 Å². The standard InChI is InChI=1S/C15H18O3/c1-8-10-4-6-15(3)7-5-11(16)9(2)12(15)13(10)18-14(8)17/h5,7-8,10,13H,4,6H2,1-3H3/t8-,10+,13+,15+/m0/s1. The molecule has 1 saturated carbocycles. The van der Waals surface area contributed by atoms with Crippen molar-refractivity contribution in [3.63, 3.8) is 0 Å². The first-order chi connectivity index (χ1) is 8.44. The Labute approximate surface area is 107 Å². The van der Waals surface area contributed by atoms with Gasteiger partial charge in [0.05, 0.1) is 5.92 Å². The Kier molecular flexibility index (Phi) is 2.31. The third kappa shape index (κ3) is 1.36. The lowest BCUT2D eigenvalue weighted by Crippen LogP contribution is -2.39. The predicted octanol–water partition coefficient (Wildman–Crippen LogP) is 2.42. The monoisotopic (exact) mass is 246 g/mol. The van der Waals surface area contributed by atoms with Gasteiger partial charge in [-0.25, -0.2) is 0 Å². The highest BCUT2D eigenvalue weighted by molar-refractivity contribution is 6.05. The first-order valence-corrected chi connectivity index (χ1v) is 6.59. The number of carbonyl (C=O) groups is 2. The lowest BCUT2D eigenvalue weighted by molar-refractivity contribution is -0.143. The van der Waals surface area contributed by atoms with Gasteiger partial charge in [-0.3, -0.25) is 9.59 Å². The number of rotatable bonds is 0. The van der Waals surface area contributed by atoms with Crippen molar-refractivity contribution in [1.82, 2.24) is 0 Å². The van der Waals surface area contributed by atoms with Gasteiger partial charge in [0.2, 0.25) is 0 Å². The average molecular weight is 246 g/mol. The molecule has 4 atom stereocenters. The normalized spacial score (nSPS) is 42.7. The largest absolute Gasteiger partial charge is 0.457 e. The number of ketones is 1. The van der Waals surface area contributed by atoms with Gasteiger partial charge in [-0.05, 0) is 31.4 Å². The Balaban J connectivity index is 2.10. The lowest BCUT2D eigenvalue weighted by atomic mass is 9.62. The van der Waals surface area contributed by atoms with Crippen molar-refractivity contribution in [3.05, 3.63) is 23.3 Å². The third-order valence-corrected chi connectivity index (χ3v) is 4.92. The highest BCUT2D eigenvalue weighted by Gasteiger charge is 2.52. The van der Waals surface area contributed by atoms with E-state index in [-0.39, 0.29) is 35.1 Å². The minimum Gasteiger partial charge on any atom is -0.457 e. The van der Waals surface area contributed by atoms with Crippen LogP contribution in [-0.4, -0.2) is 17.9 Å². The number of hydrogen-bond donors (Lipinski definition) is 0. The fraction of sp³-hybridized carbons (Fsp3) is 0.600. The molecule has 18 heavy (non-hydrogen) atoms. The summed E-state index contributed by atoms with van der Waals surface area (Å²) in [5.41, 5.74) is 1.71. The molecular weight excluding hydrogens is 228 g/mol. The molecule has 0 amide bonds. The van der Waals surface area contributed by atoms with Gasteiger partial charge in [-0.15, -0.1) is 0 Å². The average Bonchev–Trinajstić information content (AvgIpc) is 2.60. The van der Waals surface area contributed by atoms with Crippen LogP contribution in [0.1, 0.15) is 33.6 Å². The van der Waals surface area contributed by atoms with Crippen LogP contribution in [0.15, 0.2) is 23.3 Å². The van der Waals surface area contributed by atoms with E-state index in [0.29, 0.717) is 0 Å². The van der Waals surface area contributed by atoms with Crippen molar-refractivity contribution in [1.29, 1.82) is 0 Å². The molecule has 1 aliphatic heterocycles. The van der Waals surface area contributed by atoms with E-state index in [2.05, 4.69) is 6.92 Å². The topological polar surface area (TPSA) is 43.4 Å². The zero-order valence-corrected chi connectivity index (χ0v) is 11.0. The molecule has 96 valence electrons. The highest BCUT2D eigenvalue weighted by atomic mass is 16.6. The summed E-state index contributed by atoms with van der Waals surface area (Å²) in [5.74, 6) is 0.144. The molecule has 2 fully saturated rings. The molecule has 0 aromatic carbocycles. The summed E-state index contributed by atoms with van der Waals surface area (Å²) in [6.07, 6.45) is 5.46. The van der Waals surface area contributed by atoms with E-state index in [0.717, 1.165) is 24.0 Å². The number of carbonyl (C=O) groups excluding carboxylic acids is 2. The molecule has 3 rings (SSSR count). The molecule has 1 saturated heterocycles. The third-order valence-electron chi connectivity index (χ3n) is 4.92. The maximum absolute atomic E-state index is 11.9. The van der Waals surface area contributed by atoms with Crippen LogP contribution in [-0.2, 0) is 14.3 Å². The number of allylic oxidation sites excluding steroid dienone is 3. The van der Waals surface area contributed by atoms with Gasteiger partial charge in [0, 0.05) is 16.9 Å². The summed E-state index contributed by atoms with van der Waals surface area (Å²) in [6, 6.07) is 0. The van der Waals surface area contributed by atoms with Gasteiger partial charge in [-0.2, -0.15) is 0 Å². The molecule has 0 unspecified atom stereocenters. The van der Waals surface area contributed by atoms with Crippen molar-refractivity contribution < 1.29 is 14.3 Å². The molecular formula is C15H18O3. The van der Waals surface area contributed by atoms with Gasteiger partial charge < -0.3 is 4.74 Å². The summed E-state index contributed by atoms with van der Waals surface area (Å²) in [4.78, 5) is 23.6. The fourth-order valence-electron chi connectivity index (χ4n) is 3.69. The zero-order valence-electron chi connectivity index (χ0n) is 11.0. The predicted molar refractivity (Wildman–Crippen MR) is 66.7 cm³/mol. The van der Waals surface area contributed by atoms with Gasteiger partial charge >= 0.3 is 5.97 Å². The molecule has 0 aromatic rings. The Morgan fingerprint density at radius 3 is 2.83 bits per heavy atom. The van der Waals surface area contributed by atoms with E-state index >= 15 is 0 Å². The number of hydrogen-bond acceptors (Lipinski definition) is 3. The molecule has 3 aliphatic rings.